The number of carbonyl (C=O) groups is 1. The van der Waals surface area contributed by atoms with Crippen LogP contribution in [0.15, 0.2) is 58.8 Å². The fraction of sp³-hybridized carbons (Fsp3) is 0.118. The Morgan fingerprint density at radius 3 is 2.59 bits per heavy atom. The van der Waals surface area contributed by atoms with Crippen molar-refractivity contribution in [2.45, 2.75) is 13.3 Å². The van der Waals surface area contributed by atoms with E-state index in [2.05, 4.69) is 22.1 Å². The van der Waals surface area contributed by atoms with Gasteiger partial charge in [0.15, 0.2) is 5.69 Å². The number of amides is 1. The summed E-state index contributed by atoms with van der Waals surface area (Å²) in [7, 11) is 0. The minimum absolute atomic E-state index is 0.0981. The van der Waals surface area contributed by atoms with Crippen molar-refractivity contribution in [1.82, 2.24) is 4.98 Å². The number of azo groups is 1. The number of nitrogens with zero attached hydrogens (tertiary/aromatic N) is 2. The number of carbonyl (C=O) groups excluding carboxylic acids is 1. The minimum atomic E-state index is -0.438. The van der Waals surface area contributed by atoms with Gasteiger partial charge in [0.1, 0.15) is 0 Å². The Morgan fingerprint density at radius 2 is 1.86 bits per heavy atom. The number of aryl methyl sites for hydroxylation is 1. The van der Waals surface area contributed by atoms with Crippen LogP contribution in [-0.2, 0) is 6.42 Å². The summed E-state index contributed by atoms with van der Waals surface area (Å²) in [5, 5.41) is 18.2. The third-order valence-electron chi connectivity index (χ3n) is 3.51. The van der Waals surface area contributed by atoms with Crippen molar-refractivity contribution in [1.29, 1.82) is 0 Å². The Morgan fingerprint density at radius 1 is 1.14 bits per heavy atom. The summed E-state index contributed by atoms with van der Waals surface area (Å²) in [6.45, 7) is 2.05. The Bertz CT molecular complexity index is 848. The smallest absolute Gasteiger partial charge is 0.295 e. The van der Waals surface area contributed by atoms with Crippen LogP contribution in [0.5, 0.6) is 5.88 Å². The van der Waals surface area contributed by atoms with E-state index in [0.717, 1.165) is 22.9 Å². The van der Waals surface area contributed by atoms with Gasteiger partial charge in [0.2, 0.25) is 5.88 Å². The first kappa shape index (κ1) is 14.0. The first-order valence-corrected chi connectivity index (χ1v) is 7.03. The number of rotatable bonds is 3. The van der Waals surface area contributed by atoms with Gasteiger partial charge in [-0.15, -0.1) is 10.2 Å². The van der Waals surface area contributed by atoms with Crippen LogP contribution in [0.25, 0.3) is 10.9 Å². The van der Waals surface area contributed by atoms with Crippen LogP contribution in [0, 0.1) is 0 Å². The molecule has 0 aliphatic rings. The van der Waals surface area contributed by atoms with Crippen molar-refractivity contribution < 1.29 is 9.90 Å². The van der Waals surface area contributed by atoms with Gasteiger partial charge in [-0.1, -0.05) is 37.3 Å². The third-order valence-corrected chi connectivity index (χ3v) is 3.51. The predicted octanol–water partition coefficient (Wildman–Crippen LogP) is 4.36. The maximum Gasteiger partial charge on any atom is 0.295 e. The van der Waals surface area contributed by atoms with Gasteiger partial charge in [-0.2, -0.15) is 0 Å². The Balaban J connectivity index is 1.88. The minimum Gasteiger partial charge on any atom is -0.493 e. The summed E-state index contributed by atoms with van der Waals surface area (Å²) in [4.78, 5) is 14.8. The van der Waals surface area contributed by atoms with E-state index in [-0.39, 0.29) is 11.6 Å². The number of H-pyrrole nitrogens is 1. The molecule has 5 heteroatoms. The molecule has 0 aliphatic carbocycles. The lowest BCUT2D eigenvalue weighted by Gasteiger charge is -1.97. The second-order valence-electron chi connectivity index (χ2n) is 4.92. The summed E-state index contributed by atoms with van der Waals surface area (Å²) in [6.07, 6.45) is 0.916. The second kappa shape index (κ2) is 5.81. The number of nitrogens with one attached hydrogen (secondary N) is 1. The fourth-order valence-corrected chi connectivity index (χ4v) is 2.25. The molecule has 3 rings (SSSR count). The highest BCUT2D eigenvalue weighted by Crippen LogP contribution is 2.35. The first-order chi connectivity index (χ1) is 10.7. The largest absolute Gasteiger partial charge is 0.493 e. The SMILES string of the molecule is CCc1ccc(C(=O)N=Nc2c(O)[nH]c3ccccc23)cc1. The number of hydrogen-bond donors (Lipinski definition) is 2. The predicted molar refractivity (Wildman–Crippen MR) is 84.6 cm³/mol. The molecule has 3 aromatic rings. The van der Waals surface area contributed by atoms with Crippen molar-refractivity contribution in [3.8, 4) is 5.88 Å². The molecule has 0 radical (unpaired) electrons. The second-order valence-corrected chi connectivity index (χ2v) is 4.92. The molecule has 5 nitrogen and oxygen atoms in total. The van der Waals surface area contributed by atoms with Crippen LogP contribution in [0.3, 0.4) is 0 Å². The molecule has 1 heterocycles. The van der Waals surface area contributed by atoms with Gasteiger partial charge in [0.25, 0.3) is 5.91 Å². The van der Waals surface area contributed by atoms with E-state index in [9.17, 15) is 9.90 Å². The highest BCUT2D eigenvalue weighted by Gasteiger charge is 2.10. The van der Waals surface area contributed by atoms with Gasteiger partial charge in [-0.25, -0.2) is 0 Å². The average molecular weight is 293 g/mol. The molecule has 0 unspecified atom stereocenters. The Kier molecular flexibility index (Phi) is 3.70. The van der Waals surface area contributed by atoms with E-state index in [4.69, 9.17) is 0 Å². The van der Waals surface area contributed by atoms with Crippen LogP contribution in [0.2, 0.25) is 0 Å². The normalized spacial score (nSPS) is 11.3. The topological polar surface area (TPSA) is 77.8 Å². The molecule has 1 aromatic heterocycles. The highest BCUT2D eigenvalue weighted by atomic mass is 16.3. The van der Waals surface area contributed by atoms with Gasteiger partial charge in [0, 0.05) is 10.9 Å². The molecule has 22 heavy (non-hydrogen) atoms. The zero-order valence-corrected chi connectivity index (χ0v) is 12.1. The lowest BCUT2D eigenvalue weighted by Crippen LogP contribution is -1.93. The van der Waals surface area contributed by atoms with Crippen molar-refractivity contribution in [2.75, 3.05) is 0 Å². The average Bonchev–Trinajstić information content (AvgIpc) is 2.88. The molecule has 1 amide bonds. The molecule has 2 aromatic carbocycles. The van der Waals surface area contributed by atoms with Gasteiger partial charge in [0.05, 0.1) is 5.52 Å². The lowest BCUT2D eigenvalue weighted by molar-refractivity contribution is 0.0995. The number of para-hydroxylation sites is 1. The van der Waals surface area contributed by atoms with E-state index < -0.39 is 5.91 Å². The zero-order chi connectivity index (χ0) is 15.5. The fourth-order valence-electron chi connectivity index (χ4n) is 2.25. The van der Waals surface area contributed by atoms with Crippen LogP contribution < -0.4 is 0 Å². The highest BCUT2D eigenvalue weighted by molar-refractivity contribution is 5.96. The Hall–Kier alpha value is -2.95. The number of aromatic amines is 1. The summed E-state index contributed by atoms with van der Waals surface area (Å²) in [6, 6.07) is 14.6. The van der Waals surface area contributed by atoms with E-state index in [1.165, 1.54) is 0 Å². The van der Waals surface area contributed by atoms with E-state index in [0.29, 0.717) is 5.56 Å². The maximum absolute atomic E-state index is 12.0. The molecule has 0 atom stereocenters. The van der Waals surface area contributed by atoms with Gasteiger partial charge < -0.3 is 10.1 Å². The maximum atomic E-state index is 12.0. The standard InChI is InChI=1S/C17H15N3O2/c1-2-11-7-9-12(10-8-11)16(21)20-19-15-13-5-3-4-6-14(13)18-17(15)22/h3-10,18,22H,2H2,1H3. The van der Waals surface area contributed by atoms with Crippen LogP contribution in [0.4, 0.5) is 5.69 Å². The van der Waals surface area contributed by atoms with Crippen LogP contribution in [0.1, 0.15) is 22.8 Å². The van der Waals surface area contributed by atoms with Crippen molar-refractivity contribution in [3.63, 3.8) is 0 Å². The summed E-state index contributed by atoms with van der Waals surface area (Å²) < 4.78 is 0. The van der Waals surface area contributed by atoms with Crippen LogP contribution in [-0.4, -0.2) is 16.0 Å². The van der Waals surface area contributed by atoms with Gasteiger partial charge >= 0.3 is 0 Å². The van der Waals surface area contributed by atoms with Crippen molar-refractivity contribution in [2.24, 2.45) is 10.2 Å². The molecule has 0 aliphatic heterocycles. The zero-order valence-electron chi connectivity index (χ0n) is 12.1. The van der Waals surface area contributed by atoms with E-state index in [1.807, 2.05) is 30.3 Å². The first-order valence-electron chi connectivity index (χ1n) is 7.03. The number of benzene rings is 2. The number of aromatic hydroxyl groups is 1. The third kappa shape index (κ3) is 2.61. The number of fused-ring (bicyclic) bond motifs is 1. The Labute approximate surface area is 127 Å². The number of aromatic nitrogens is 1. The molecule has 0 spiro atoms. The molecule has 0 saturated heterocycles. The quantitative estimate of drug-likeness (QED) is 0.704. The van der Waals surface area contributed by atoms with Gasteiger partial charge in [-0.05, 0) is 30.2 Å². The molecule has 2 N–H and O–H groups in total. The molecule has 0 saturated carbocycles. The molecule has 0 fully saturated rings. The molecule has 110 valence electrons. The summed E-state index contributed by atoms with van der Waals surface area (Å²) in [5.41, 5.74) is 2.64. The van der Waals surface area contributed by atoms with Crippen molar-refractivity contribution >= 4 is 22.5 Å². The van der Waals surface area contributed by atoms with E-state index in [1.54, 1.807) is 18.2 Å². The summed E-state index contributed by atoms with van der Waals surface area (Å²) >= 11 is 0. The molecular weight excluding hydrogens is 278 g/mol. The summed E-state index contributed by atoms with van der Waals surface area (Å²) in [5.74, 6) is -0.536. The lowest BCUT2D eigenvalue weighted by atomic mass is 10.1. The number of hydrogen-bond acceptors (Lipinski definition) is 3. The van der Waals surface area contributed by atoms with Gasteiger partial charge in [-0.3, -0.25) is 4.79 Å². The van der Waals surface area contributed by atoms with Crippen LogP contribution >= 0.6 is 0 Å². The molecular formula is C17H15N3O2. The van der Waals surface area contributed by atoms with Crippen molar-refractivity contribution in [3.05, 3.63) is 59.7 Å². The monoisotopic (exact) mass is 293 g/mol. The van der Waals surface area contributed by atoms with E-state index >= 15 is 0 Å². The molecule has 0 bridgehead atoms.